The Morgan fingerprint density at radius 3 is 0.863 bits per heavy atom. The van der Waals surface area contributed by atoms with Crippen LogP contribution in [-0.2, 0) is 28.6 Å². The van der Waals surface area contributed by atoms with Crippen molar-refractivity contribution in [3.05, 3.63) is 158 Å². The number of rotatable bonds is 50. The predicted molar refractivity (Wildman–Crippen MR) is 315 cm³/mol. The van der Waals surface area contributed by atoms with Gasteiger partial charge in [0, 0.05) is 19.3 Å². The Kier molecular flexibility index (Phi) is 55.5. The number of esters is 3. The summed E-state index contributed by atoms with van der Waals surface area (Å²) in [7, 11) is 0. The molecule has 0 aromatic heterocycles. The second kappa shape index (κ2) is 59.6. The molecular formula is C67H104O6. The molecule has 0 saturated carbocycles. The van der Waals surface area contributed by atoms with Crippen LogP contribution >= 0.6 is 0 Å². The Labute approximate surface area is 448 Å². The van der Waals surface area contributed by atoms with Crippen LogP contribution in [-0.4, -0.2) is 37.2 Å². The molecule has 0 rings (SSSR count). The van der Waals surface area contributed by atoms with Crippen molar-refractivity contribution in [2.45, 2.75) is 232 Å². The molecule has 0 radical (unpaired) electrons. The summed E-state index contributed by atoms with van der Waals surface area (Å²) in [4.78, 5) is 37.9. The lowest BCUT2D eigenvalue weighted by Crippen LogP contribution is -2.30. The van der Waals surface area contributed by atoms with E-state index < -0.39 is 6.10 Å². The minimum atomic E-state index is -0.815. The van der Waals surface area contributed by atoms with E-state index in [0.717, 1.165) is 141 Å². The number of ether oxygens (including phenoxy) is 3. The molecule has 408 valence electrons. The van der Waals surface area contributed by atoms with Crippen molar-refractivity contribution in [3.63, 3.8) is 0 Å². The molecule has 0 spiro atoms. The molecule has 0 aliphatic carbocycles. The standard InChI is InChI=1S/C67H104O6/c1-4-7-10-13-16-19-21-23-24-25-26-27-28-29-30-31-32-33-34-35-36-37-38-39-40-41-42-44-45-48-51-54-57-60-66(69)72-63-64(62-71-65(68)59-56-53-50-47-18-15-12-9-6-3)73-67(70)61-58-55-52-49-46-43-22-20-17-14-11-8-5-2/h7-8,10-11,16-17,19-20,23-24,26-27,29-30,32-33,35-36,38-39,41-43,45-46,48,64H,4-6,9,12-15,18,21-22,25,28,31,34,37,40,44,47,49-63H2,1-3H3/b10-7-,11-8-,19-16-,20-17-,24-23-,27-26-,30-29-,33-32-,36-35-,39-38-,42-41-,46-43-,48-45-. The fourth-order valence-corrected chi connectivity index (χ4v) is 7.25. The van der Waals surface area contributed by atoms with Crippen molar-refractivity contribution in [2.24, 2.45) is 0 Å². The summed E-state index contributed by atoms with van der Waals surface area (Å²) >= 11 is 0. The number of allylic oxidation sites excluding steroid dienone is 26. The van der Waals surface area contributed by atoms with Crippen molar-refractivity contribution >= 4 is 17.9 Å². The van der Waals surface area contributed by atoms with E-state index in [2.05, 4.69) is 179 Å². The number of hydrogen-bond acceptors (Lipinski definition) is 6. The van der Waals surface area contributed by atoms with Crippen LogP contribution < -0.4 is 0 Å². The predicted octanol–water partition coefficient (Wildman–Crippen LogP) is 19.8. The Balaban J connectivity index is 4.32. The molecule has 0 heterocycles. The second-order valence-electron chi connectivity index (χ2n) is 18.4. The Bertz CT molecular complexity index is 1670. The Morgan fingerprint density at radius 2 is 0.534 bits per heavy atom. The van der Waals surface area contributed by atoms with E-state index in [1.807, 2.05) is 0 Å². The zero-order valence-corrected chi connectivity index (χ0v) is 46.6. The lowest BCUT2D eigenvalue weighted by Gasteiger charge is -2.18. The molecular weight excluding hydrogens is 901 g/mol. The summed E-state index contributed by atoms with van der Waals surface area (Å²) in [6, 6.07) is 0. The molecule has 0 aliphatic heterocycles. The normalized spacial score (nSPS) is 13.3. The van der Waals surface area contributed by atoms with Gasteiger partial charge in [0.2, 0.25) is 0 Å². The average molecular weight is 1010 g/mol. The third-order valence-electron chi connectivity index (χ3n) is 11.5. The molecule has 0 aromatic carbocycles. The monoisotopic (exact) mass is 1000 g/mol. The third kappa shape index (κ3) is 57.8. The zero-order chi connectivity index (χ0) is 52.9. The highest BCUT2D eigenvalue weighted by Crippen LogP contribution is 2.13. The first kappa shape index (κ1) is 68.0. The van der Waals surface area contributed by atoms with Crippen LogP contribution in [0.2, 0.25) is 0 Å². The van der Waals surface area contributed by atoms with Crippen LogP contribution in [0.1, 0.15) is 226 Å². The second-order valence-corrected chi connectivity index (χ2v) is 18.4. The molecule has 6 nitrogen and oxygen atoms in total. The van der Waals surface area contributed by atoms with Gasteiger partial charge < -0.3 is 14.2 Å². The van der Waals surface area contributed by atoms with Gasteiger partial charge in [0.25, 0.3) is 0 Å². The molecule has 0 aliphatic rings. The van der Waals surface area contributed by atoms with Crippen molar-refractivity contribution < 1.29 is 28.6 Å². The fraction of sp³-hybridized carbons (Fsp3) is 0.567. The van der Waals surface area contributed by atoms with Crippen LogP contribution in [0.3, 0.4) is 0 Å². The van der Waals surface area contributed by atoms with Crippen LogP contribution in [0.15, 0.2) is 158 Å². The molecule has 0 aromatic rings. The third-order valence-corrected chi connectivity index (χ3v) is 11.5. The maximum absolute atomic E-state index is 12.8. The molecule has 0 bridgehead atoms. The molecule has 0 saturated heterocycles. The fourth-order valence-electron chi connectivity index (χ4n) is 7.25. The van der Waals surface area contributed by atoms with E-state index in [1.165, 1.54) is 38.5 Å². The molecule has 1 unspecified atom stereocenters. The molecule has 0 amide bonds. The number of hydrogen-bond donors (Lipinski definition) is 0. The van der Waals surface area contributed by atoms with Crippen LogP contribution in [0, 0.1) is 0 Å². The lowest BCUT2D eigenvalue weighted by atomic mass is 10.1. The van der Waals surface area contributed by atoms with E-state index >= 15 is 0 Å². The quantitative estimate of drug-likeness (QED) is 0.0261. The van der Waals surface area contributed by atoms with Crippen molar-refractivity contribution in [2.75, 3.05) is 13.2 Å². The average Bonchev–Trinajstić information content (AvgIpc) is 3.39. The summed E-state index contributed by atoms with van der Waals surface area (Å²) in [6.07, 6.45) is 86.9. The van der Waals surface area contributed by atoms with Gasteiger partial charge in [-0.25, -0.2) is 0 Å². The van der Waals surface area contributed by atoms with Gasteiger partial charge in [-0.05, 0) is 128 Å². The van der Waals surface area contributed by atoms with Crippen LogP contribution in [0.25, 0.3) is 0 Å². The van der Waals surface area contributed by atoms with Crippen molar-refractivity contribution in [1.82, 2.24) is 0 Å². The topological polar surface area (TPSA) is 78.9 Å². The van der Waals surface area contributed by atoms with E-state index in [-0.39, 0.29) is 44.0 Å². The van der Waals surface area contributed by atoms with Crippen LogP contribution in [0.5, 0.6) is 0 Å². The maximum atomic E-state index is 12.8. The summed E-state index contributed by atoms with van der Waals surface area (Å²) in [5.41, 5.74) is 0. The number of carbonyl (C=O) groups is 3. The van der Waals surface area contributed by atoms with Crippen LogP contribution in [0.4, 0.5) is 0 Å². The number of carbonyl (C=O) groups excluding carboxylic acids is 3. The first-order valence-corrected chi connectivity index (χ1v) is 29.0. The molecule has 0 fully saturated rings. The van der Waals surface area contributed by atoms with Gasteiger partial charge in [-0.15, -0.1) is 0 Å². The Hall–Kier alpha value is -4.97. The number of unbranched alkanes of at least 4 members (excludes halogenated alkanes) is 13. The maximum Gasteiger partial charge on any atom is 0.306 e. The van der Waals surface area contributed by atoms with Crippen molar-refractivity contribution in [3.8, 4) is 0 Å². The van der Waals surface area contributed by atoms with Gasteiger partial charge in [0.15, 0.2) is 6.10 Å². The van der Waals surface area contributed by atoms with Gasteiger partial charge in [-0.1, -0.05) is 237 Å². The largest absolute Gasteiger partial charge is 0.462 e. The zero-order valence-electron chi connectivity index (χ0n) is 46.6. The van der Waals surface area contributed by atoms with E-state index in [4.69, 9.17) is 14.2 Å². The highest BCUT2D eigenvalue weighted by molar-refractivity contribution is 5.71. The van der Waals surface area contributed by atoms with E-state index in [1.54, 1.807) is 0 Å². The molecule has 73 heavy (non-hydrogen) atoms. The highest BCUT2D eigenvalue weighted by Gasteiger charge is 2.19. The molecule has 6 heteroatoms. The van der Waals surface area contributed by atoms with Gasteiger partial charge in [0.1, 0.15) is 13.2 Å². The van der Waals surface area contributed by atoms with E-state index in [9.17, 15) is 14.4 Å². The van der Waals surface area contributed by atoms with Crippen molar-refractivity contribution in [1.29, 1.82) is 0 Å². The summed E-state index contributed by atoms with van der Waals surface area (Å²) in [5.74, 6) is -0.998. The molecule has 1 atom stereocenters. The summed E-state index contributed by atoms with van der Waals surface area (Å²) in [5, 5.41) is 0. The van der Waals surface area contributed by atoms with Gasteiger partial charge in [-0.3, -0.25) is 14.4 Å². The highest BCUT2D eigenvalue weighted by atomic mass is 16.6. The Morgan fingerprint density at radius 1 is 0.288 bits per heavy atom. The summed E-state index contributed by atoms with van der Waals surface area (Å²) < 4.78 is 16.7. The minimum Gasteiger partial charge on any atom is -0.462 e. The smallest absolute Gasteiger partial charge is 0.306 e. The molecule has 0 N–H and O–H groups in total. The first-order valence-electron chi connectivity index (χ1n) is 29.0. The SMILES string of the molecule is CC/C=C\C/C=C\C/C=C\C/C=C\C/C=C\C/C=C\C/C=C\C/C=C\C/C=C\C/C=C\CCCCC(=O)OCC(COC(=O)CCCCCCCCCCC)OC(=O)CCCCC/C=C\C/C=C\C/C=C\CC. The first-order chi connectivity index (χ1) is 36.0. The lowest BCUT2D eigenvalue weighted by molar-refractivity contribution is -0.167. The van der Waals surface area contributed by atoms with E-state index in [0.29, 0.717) is 12.8 Å². The van der Waals surface area contributed by atoms with Gasteiger partial charge in [0.05, 0.1) is 0 Å². The summed E-state index contributed by atoms with van der Waals surface area (Å²) in [6.45, 7) is 6.30. The van der Waals surface area contributed by atoms with Gasteiger partial charge >= 0.3 is 17.9 Å². The minimum absolute atomic E-state index is 0.109. The van der Waals surface area contributed by atoms with Gasteiger partial charge in [-0.2, -0.15) is 0 Å².